The molecule has 0 saturated carbocycles. The van der Waals surface area contributed by atoms with Crippen LogP contribution in [0.15, 0.2) is 0 Å². The monoisotopic (exact) mass is 471 g/mol. The van der Waals surface area contributed by atoms with Crippen molar-refractivity contribution in [1.82, 2.24) is 16.0 Å². The first-order chi connectivity index (χ1) is 15.3. The molecule has 8 N–H and O–H groups in total. The minimum Gasteiger partial charge on any atom is -0.480 e. The molecule has 0 aliphatic carbocycles. The molecule has 0 aromatic rings. The minimum atomic E-state index is -1.15. The molecule has 0 heterocycles. The fraction of sp³-hybridized carbons (Fsp3) is 0.773. The number of carboxylic acids is 1. The van der Waals surface area contributed by atoms with E-state index >= 15 is 0 Å². The Morgan fingerprint density at radius 2 is 1.18 bits per heavy atom. The summed E-state index contributed by atoms with van der Waals surface area (Å²) in [5.74, 6) is -4.46. The number of carboxylic acid groups (broad SMARTS) is 1. The van der Waals surface area contributed by atoms with Crippen molar-refractivity contribution in [3.05, 3.63) is 0 Å². The van der Waals surface area contributed by atoms with Crippen LogP contribution >= 0.6 is 0 Å². The molecule has 0 spiro atoms. The molecule has 6 atom stereocenters. The molecule has 0 radical (unpaired) electrons. The van der Waals surface area contributed by atoms with Gasteiger partial charge in [-0.05, 0) is 24.2 Å². The highest BCUT2D eigenvalue weighted by Crippen LogP contribution is 2.13. The first kappa shape index (κ1) is 30.3. The van der Waals surface area contributed by atoms with Gasteiger partial charge in [0.25, 0.3) is 0 Å². The lowest BCUT2D eigenvalue weighted by Gasteiger charge is -2.30. The lowest BCUT2D eigenvalue weighted by Crippen LogP contribution is -2.60. The standard InChI is InChI=1S/C22H41N5O6/c1-7-12(5)17(26-19(29)14(23)9-10-15(24)28)21(31)25-16(11(3)4)20(30)27-18(22(32)33)13(6)8-2/h11-14,16-18H,7-10,23H2,1-6H3,(H2,24,28)(H,25,31)(H,26,29)(H,27,30)(H,32,33). The van der Waals surface area contributed by atoms with E-state index in [4.69, 9.17) is 11.5 Å². The second-order valence-corrected chi connectivity index (χ2v) is 8.92. The van der Waals surface area contributed by atoms with Crippen LogP contribution in [0.2, 0.25) is 0 Å². The summed E-state index contributed by atoms with van der Waals surface area (Å²) < 4.78 is 0. The summed E-state index contributed by atoms with van der Waals surface area (Å²) in [4.78, 5) is 60.9. The van der Waals surface area contributed by atoms with Gasteiger partial charge in [0.1, 0.15) is 18.1 Å². The van der Waals surface area contributed by atoms with Gasteiger partial charge in [0.05, 0.1) is 6.04 Å². The molecule has 33 heavy (non-hydrogen) atoms. The molecule has 0 fully saturated rings. The summed E-state index contributed by atoms with van der Waals surface area (Å²) in [6.07, 6.45) is 1.08. The molecule has 0 saturated heterocycles. The maximum absolute atomic E-state index is 13.1. The number of amides is 4. The lowest BCUT2D eigenvalue weighted by atomic mass is 9.95. The Kier molecular flexibility index (Phi) is 13.3. The average molecular weight is 472 g/mol. The zero-order valence-corrected chi connectivity index (χ0v) is 20.5. The summed E-state index contributed by atoms with van der Waals surface area (Å²) >= 11 is 0. The topological polar surface area (TPSA) is 194 Å². The molecule has 11 nitrogen and oxygen atoms in total. The normalized spacial score (nSPS) is 16.6. The van der Waals surface area contributed by atoms with E-state index in [2.05, 4.69) is 16.0 Å². The number of nitrogens with two attached hydrogens (primary N) is 2. The van der Waals surface area contributed by atoms with Crippen LogP contribution in [0.4, 0.5) is 0 Å². The number of carbonyl (C=O) groups excluding carboxylic acids is 4. The van der Waals surface area contributed by atoms with E-state index in [1.165, 1.54) is 0 Å². The Morgan fingerprint density at radius 1 is 0.758 bits per heavy atom. The van der Waals surface area contributed by atoms with Crippen LogP contribution in [0.1, 0.15) is 67.2 Å². The van der Waals surface area contributed by atoms with Gasteiger partial charge in [0, 0.05) is 6.42 Å². The van der Waals surface area contributed by atoms with Crippen molar-refractivity contribution >= 4 is 29.6 Å². The van der Waals surface area contributed by atoms with Gasteiger partial charge in [-0.1, -0.05) is 54.4 Å². The zero-order chi connectivity index (χ0) is 25.9. The van der Waals surface area contributed by atoms with Crippen LogP contribution < -0.4 is 27.4 Å². The first-order valence-electron chi connectivity index (χ1n) is 11.4. The second-order valence-electron chi connectivity index (χ2n) is 8.92. The molecule has 11 heteroatoms. The van der Waals surface area contributed by atoms with Crippen LogP contribution in [-0.2, 0) is 24.0 Å². The Hall–Kier alpha value is -2.69. The molecule has 0 aromatic carbocycles. The number of nitrogens with one attached hydrogen (secondary N) is 3. The van der Waals surface area contributed by atoms with Gasteiger partial charge in [0.2, 0.25) is 23.6 Å². The van der Waals surface area contributed by atoms with Gasteiger partial charge in [-0.2, -0.15) is 0 Å². The van der Waals surface area contributed by atoms with E-state index < -0.39 is 53.8 Å². The Morgan fingerprint density at radius 3 is 1.61 bits per heavy atom. The number of primary amides is 1. The van der Waals surface area contributed by atoms with Gasteiger partial charge in [-0.25, -0.2) is 4.79 Å². The molecule has 0 aliphatic heterocycles. The number of aliphatic carboxylic acids is 1. The van der Waals surface area contributed by atoms with E-state index in [0.29, 0.717) is 12.8 Å². The van der Waals surface area contributed by atoms with Crippen LogP contribution in [-0.4, -0.2) is 58.9 Å². The van der Waals surface area contributed by atoms with Gasteiger partial charge in [-0.3, -0.25) is 19.2 Å². The molecule has 0 bridgehead atoms. The van der Waals surface area contributed by atoms with Gasteiger partial charge >= 0.3 is 5.97 Å². The van der Waals surface area contributed by atoms with E-state index in [-0.39, 0.29) is 30.6 Å². The predicted octanol–water partition coefficient (Wildman–Crippen LogP) is -0.134. The largest absolute Gasteiger partial charge is 0.480 e. The fourth-order valence-electron chi connectivity index (χ4n) is 3.10. The Bertz CT molecular complexity index is 699. The Labute approximate surface area is 195 Å². The SMILES string of the molecule is CCC(C)C(NC(=O)C(NC(=O)C(NC(=O)C(N)CCC(N)=O)C(C)CC)C(C)C)C(=O)O. The molecule has 4 amide bonds. The van der Waals surface area contributed by atoms with Crippen molar-refractivity contribution in [2.45, 2.75) is 91.4 Å². The summed E-state index contributed by atoms with van der Waals surface area (Å²) in [5, 5.41) is 17.2. The van der Waals surface area contributed by atoms with Crippen molar-refractivity contribution in [1.29, 1.82) is 0 Å². The third-order valence-corrected chi connectivity index (χ3v) is 5.86. The summed E-state index contributed by atoms with van der Waals surface area (Å²) in [6, 6.07) is -4.08. The highest BCUT2D eigenvalue weighted by molar-refractivity contribution is 5.94. The van der Waals surface area contributed by atoms with Crippen molar-refractivity contribution < 1.29 is 29.1 Å². The van der Waals surface area contributed by atoms with Crippen molar-refractivity contribution in [3.63, 3.8) is 0 Å². The predicted molar refractivity (Wildman–Crippen MR) is 124 cm³/mol. The molecular formula is C22H41N5O6. The smallest absolute Gasteiger partial charge is 0.326 e. The fourth-order valence-corrected chi connectivity index (χ4v) is 3.10. The Balaban J connectivity index is 5.49. The van der Waals surface area contributed by atoms with Gasteiger partial charge < -0.3 is 32.5 Å². The highest BCUT2D eigenvalue weighted by atomic mass is 16.4. The van der Waals surface area contributed by atoms with E-state index in [0.717, 1.165) is 0 Å². The van der Waals surface area contributed by atoms with Crippen molar-refractivity contribution in [2.24, 2.45) is 29.2 Å². The average Bonchev–Trinajstić information content (AvgIpc) is 2.75. The van der Waals surface area contributed by atoms with E-state index in [1.807, 2.05) is 13.8 Å². The second kappa shape index (κ2) is 14.5. The van der Waals surface area contributed by atoms with Crippen molar-refractivity contribution in [2.75, 3.05) is 0 Å². The molecule has 0 rings (SSSR count). The number of hydrogen-bond donors (Lipinski definition) is 6. The molecule has 190 valence electrons. The molecule has 0 aliphatic rings. The van der Waals surface area contributed by atoms with Crippen LogP contribution in [0.5, 0.6) is 0 Å². The molecular weight excluding hydrogens is 430 g/mol. The summed E-state index contributed by atoms with van der Waals surface area (Å²) in [7, 11) is 0. The van der Waals surface area contributed by atoms with Crippen LogP contribution in [0, 0.1) is 17.8 Å². The quantitative estimate of drug-likeness (QED) is 0.191. The van der Waals surface area contributed by atoms with Crippen molar-refractivity contribution in [3.8, 4) is 0 Å². The zero-order valence-electron chi connectivity index (χ0n) is 20.5. The maximum atomic E-state index is 13.1. The number of rotatable bonds is 15. The van der Waals surface area contributed by atoms with Crippen LogP contribution in [0.3, 0.4) is 0 Å². The van der Waals surface area contributed by atoms with E-state index in [1.54, 1.807) is 27.7 Å². The molecule has 6 unspecified atom stereocenters. The van der Waals surface area contributed by atoms with E-state index in [9.17, 15) is 29.1 Å². The summed E-state index contributed by atoms with van der Waals surface area (Å²) in [6.45, 7) is 10.6. The number of hydrogen-bond acceptors (Lipinski definition) is 6. The lowest BCUT2D eigenvalue weighted by molar-refractivity contribution is -0.144. The number of carbonyl (C=O) groups is 5. The molecule has 0 aromatic heterocycles. The van der Waals surface area contributed by atoms with Gasteiger partial charge in [-0.15, -0.1) is 0 Å². The third-order valence-electron chi connectivity index (χ3n) is 5.86. The van der Waals surface area contributed by atoms with Gasteiger partial charge in [0.15, 0.2) is 0 Å². The first-order valence-corrected chi connectivity index (χ1v) is 11.4. The summed E-state index contributed by atoms with van der Waals surface area (Å²) in [5.41, 5.74) is 10.9. The third kappa shape index (κ3) is 10.2. The maximum Gasteiger partial charge on any atom is 0.326 e. The minimum absolute atomic E-state index is 0.0409. The highest BCUT2D eigenvalue weighted by Gasteiger charge is 2.34. The van der Waals surface area contributed by atoms with Crippen LogP contribution in [0.25, 0.3) is 0 Å².